The number of hydrogen-bond donors (Lipinski definition) is 1. The van der Waals surface area contributed by atoms with Crippen LogP contribution in [0.4, 0.5) is 5.69 Å². The van der Waals surface area contributed by atoms with Crippen molar-refractivity contribution in [2.45, 2.75) is 6.10 Å². The number of rotatable bonds is 2. The molecule has 0 aliphatic carbocycles. The molecule has 1 aromatic heterocycles. The van der Waals surface area contributed by atoms with Gasteiger partial charge < -0.3 is 14.7 Å². The fourth-order valence-electron chi connectivity index (χ4n) is 1.65. The van der Waals surface area contributed by atoms with E-state index in [4.69, 9.17) is 21.4 Å². The minimum absolute atomic E-state index is 0.0509. The number of hydrogen-bond acceptors (Lipinski definition) is 4. The van der Waals surface area contributed by atoms with Crippen LogP contribution in [-0.2, 0) is 4.74 Å². The molecule has 0 saturated carbocycles. The van der Waals surface area contributed by atoms with Gasteiger partial charge in [-0.3, -0.25) is 0 Å². The number of pyridine rings is 1. The van der Waals surface area contributed by atoms with Gasteiger partial charge in [0, 0.05) is 25.0 Å². The lowest BCUT2D eigenvalue weighted by Crippen LogP contribution is -2.44. The van der Waals surface area contributed by atoms with Gasteiger partial charge in [0.15, 0.2) is 0 Å². The molecule has 82 valence electrons. The Morgan fingerprint density at radius 3 is 3.27 bits per heavy atom. The van der Waals surface area contributed by atoms with Crippen LogP contribution in [0.5, 0.6) is 0 Å². The third-order valence-electron chi connectivity index (χ3n) is 2.42. The summed E-state index contributed by atoms with van der Waals surface area (Å²) < 4.78 is 5.37. The number of aliphatic hydroxyl groups excluding tert-OH is 1. The predicted octanol–water partition coefficient (Wildman–Crippen LogP) is 0.932. The van der Waals surface area contributed by atoms with Crippen LogP contribution < -0.4 is 4.90 Å². The minimum atomic E-state index is -0.106. The molecular weight excluding hydrogens is 216 g/mol. The van der Waals surface area contributed by atoms with Gasteiger partial charge in [-0.05, 0) is 12.1 Å². The number of morpholine rings is 1. The second-order valence-corrected chi connectivity index (χ2v) is 3.85. The van der Waals surface area contributed by atoms with Crippen LogP contribution in [0, 0.1) is 0 Å². The summed E-state index contributed by atoms with van der Waals surface area (Å²) in [5.41, 5.74) is 1.02. The second kappa shape index (κ2) is 4.79. The molecule has 1 aliphatic heterocycles. The average molecular weight is 229 g/mol. The summed E-state index contributed by atoms with van der Waals surface area (Å²) in [7, 11) is 0. The highest BCUT2D eigenvalue weighted by molar-refractivity contribution is 6.29. The first kappa shape index (κ1) is 10.7. The van der Waals surface area contributed by atoms with Gasteiger partial charge in [-0.2, -0.15) is 0 Å². The lowest BCUT2D eigenvalue weighted by Gasteiger charge is -2.33. The molecule has 1 aromatic rings. The van der Waals surface area contributed by atoms with Crippen molar-refractivity contribution in [1.82, 2.24) is 4.98 Å². The Kier molecular flexibility index (Phi) is 3.41. The summed E-state index contributed by atoms with van der Waals surface area (Å²) in [6.07, 6.45) is 1.58. The molecule has 1 fully saturated rings. The van der Waals surface area contributed by atoms with E-state index in [2.05, 4.69) is 9.88 Å². The van der Waals surface area contributed by atoms with Crippen molar-refractivity contribution in [3.05, 3.63) is 23.5 Å². The van der Waals surface area contributed by atoms with Crippen LogP contribution in [0.2, 0.25) is 5.15 Å². The van der Waals surface area contributed by atoms with E-state index in [1.807, 2.05) is 12.1 Å². The van der Waals surface area contributed by atoms with Gasteiger partial charge in [0.25, 0.3) is 0 Å². The lowest BCUT2D eigenvalue weighted by molar-refractivity contribution is 0.00356. The number of aliphatic hydroxyl groups is 1. The van der Waals surface area contributed by atoms with E-state index >= 15 is 0 Å². The highest BCUT2D eigenvalue weighted by Crippen LogP contribution is 2.19. The van der Waals surface area contributed by atoms with Crippen molar-refractivity contribution in [3.63, 3.8) is 0 Å². The van der Waals surface area contributed by atoms with Gasteiger partial charge >= 0.3 is 0 Å². The smallest absolute Gasteiger partial charge is 0.131 e. The van der Waals surface area contributed by atoms with Crippen LogP contribution in [0.15, 0.2) is 18.3 Å². The Balaban J connectivity index is 2.09. The molecule has 0 amide bonds. The molecule has 4 nitrogen and oxygen atoms in total. The van der Waals surface area contributed by atoms with Crippen molar-refractivity contribution in [1.29, 1.82) is 0 Å². The highest BCUT2D eigenvalue weighted by atomic mass is 35.5. The normalized spacial score (nSPS) is 21.7. The Bertz CT molecular complexity index is 335. The molecular formula is C10H13ClN2O2. The molecule has 1 aliphatic rings. The van der Waals surface area contributed by atoms with E-state index in [1.54, 1.807) is 6.20 Å². The van der Waals surface area contributed by atoms with Crippen molar-refractivity contribution >= 4 is 17.3 Å². The van der Waals surface area contributed by atoms with Gasteiger partial charge in [-0.25, -0.2) is 4.98 Å². The first-order chi connectivity index (χ1) is 7.29. The van der Waals surface area contributed by atoms with Crippen LogP contribution in [0.3, 0.4) is 0 Å². The number of nitrogens with zero attached hydrogens (tertiary/aromatic N) is 2. The van der Waals surface area contributed by atoms with E-state index < -0.39 is 0 Å². The van der Waals surface area contributed by atoms with E-state index in [-0.39, 0.29) is 12.7 Å². The van der Waals surface area contributed by atoms with E-state index in [1.165, 1.54) is 0 Å². The van der Waals surface area contributed by atoms with Gasteiger partial charge in [0.2, 0.25) is 0 Å². The van der Waals surface area contributed by atoms with E-state index in [9.17, 15) is 0 Å². The van der Waals surface area contributed by atoms with Crippen LogP contribution in [0.1, 0.15) is 0 Å². The van der Waals surface area contributed by atoms with Crippen molar-refractivity contribution < 1.29 is 9.84 Å². The molecule has 0 radical (unpaired) electrons. The van der Waals surface area contributed by atoms with Crippen LogP contribution in [-0.4, -0.2) is 42.5 Å². The standard InChI is InChI=1S/C10H13ClN2O2/c11-10-5-8(1-2-12-10)13-3-4-15-9(6-13)7-14/h1-2,5,9,14H,3-4,6-7H2. The maximum absolute atomic E-state index is 9.02. The van der Waals surface area contributed by atoms with E-state index in [0.29, 0.717) is 18.3 Å². The van der Waals surface area contributed by atoms with Gasteiger partial charge in [0.1, 0.15) is 5.15 Å². The third kappa shape index (κ3) is 2.59. The third-order valence-corrected chi connectivity index (χ3v) is 2.62. The molecule has 1 saturated heterocycles. The zero-order valence-corrected chi connectivity index (χ0v) is 9.02. The van der Waals surface area contributed by atoms with Gasteiger partial charge in [0.05, 0.1) is 19.3 Å². The number of aromatic nitrogens is 1. The van der Waals surface area contributed by atoms with Crippen molar-refractivity contribution in [2.75, 3.05) is 31.2 Å². The van der Waals surface area contributed by atoms with Crippen LogP contribution >= 0.6 is 11.6 Å². The van der Waals surface area contributed by atoms with Crippen LogP contribution in [0.25, 0.3) is 0 Å². The maximum atomic E-state index is 9.02. The lowest BCUT2D eigenvalue weighted by atomic mass is 10.2. The monoisotopic (exact) mass is 228 g/mol. The Hall–Kier alpha value is -0.840. The van der Waals surface area contributed by atoms with E-state index in [0.717, 1.165) is 12.2 Å². The Morgan fingerprint density at radius 2 is 2.53 bits per heavy atom. The summed E-state index contributed by atoms with van der Waals surface area (Å²) in [6.45, 7) is 2.19. The average Bonchev–Trinajstić information content (AvgIpc) is 2.29. The van der Waals surface area contributed by atoms with Gasteiger partial charge in [-0.15, -0.1) is 0 Å². The minimum Gasteiger partial charge on any atom is -0.394 e. The molecule has 2 heterocycles. The summed E-state index contributed by atoms with van der Waals surface area (Å²) in [5, 5.41) is 9.51. The molecule has 0 bridgehead atoms. The number of ether oxygens (including phenoxy) is 1. The first-order valence-electron chi connectivity index (χ1n) is 4.88. The topological polar surface area (TPSA) is 45.6 Å². The fraction of sp³-hybridized carbons (Fsp3) is 0.500. The molecule has 0 spiro atoms. The van der Waals surface area contributed by atoms with Crippen molar-refractivity contribution in [2.24, 2.45) is 0 Å². The van der Waals surface area contributed by atoms with Gasteiger partial charge in [-0.1, -0.05) is 11.6 Å². The Morgan fingerprint density at radius 1 is 1.67 bits per heavy atom. The van der Waals surface area contributed by atoms with Crippen molar-refractivity contribution in [3.8, 4) is 0 Å². The molecule has 0 aromatic carbocycles. The predicted molar refractivity (Wildman–Crippen MR) is 58.3 cm³/mol. The number of anilines is 1. The molecule has 5 heteroatoms. The molecule has 2 rings (SSSR count). The Labute approximate surface area is 93.4 Å². The summed E-state index contributed by atoms with van der Waals surface area (Å²) in [6, 6.07) is 3.73. The summed E-state index contributed by atoms with van der Waals surface area (Å²) in [5.74, 6) is 0. The quantitative estimate of drug-likeness (QED) is 0.766. The zero-order valence-electron chi connectivity index (χ0n) is 8.27. The molecule has 1 atom stereocenters. The number of halogens is 1. The highest BCUT2D eigenvalue weighted by Gasteiger charge is 2.19. The largest absolute Gasteiger partial charge is 0.394 e. The molecule has 15 heavy (non-hydrogen) atoms. The first-order valence-corrected chi connectivity index (χ1v) is 5.26. The second-order valence-electron chi connectivity index (χ2n) is 3.46. The molecule has 1 N–H and O–H groups in total. The molecule has 1 unspecified atom stereocenters. The summed E-state index contributed by atoms with van der Waals surface area (Å²) >= 11 is 5.82. The zero-order chi connectivity index (χ0) is 10.7. The maximum Gasteiger partial charge on any atom is 0.131 e. The SMILES string of the molecule is OCC1CN(c2ccnc(Cl)c2)CCO1. The summed E-state index contributed by atoms with van der Waals surface area (Å²) in [4.78, 5) is 6.07. The fourth-order valence-corrected chi connectivity index (χ4v) is 1.82.